The maximum atomic E-state index is 3.71. The van der Waals surface area contributed by atoms with Crippen molar-refractivity contribution >= 4 is 11.3 Å². The number of hydrogen-bond acceptors (Lipinski definition) is 3. The lowest BCUT2D eigenvalue weighted by molar-refractivity contribution is 0.137. The lowest BCUT2D eigenvalue weighted by Crippen LogP contribution is -2.56. The predicted octanol–water partition coefficient (Wildman–Crippen LogP) is 3.63. The molecule has 1 fully saturated rings. The highest BCUT2D eigenvalue weighted by atomic mass is 32.1. The number of rotatable bonds is 4. The van der Waals surface area contributed by atoms with E-state index in [1.807, 2.05) is 11.3 Å². The molecular formula is C18H24N2S. The molecule has 0 saturated carbocycles. The Morgan fingerprint density at radius 2 is 1.90 bits per heavy atom. The SMILES string of the molecule is CCc1ccc(CN2CCNC(C)(c3ccccc3)C2)s1. The summed E-state index contributed by atoms with van der Waals surface area (Å²) in [7, 11) is 0. The van der Waals surface area contributed by atoms with E-state index in [9.17, 15) is 0 Å². The van der Waals surface area contributed by atoms with E-state index in [-0.39, 0.29) is 5.54 Å². The molecule has 0 spiro atoms. The summed E-state index contributed by atoms with van der Waals surface area (Å²) in [5, 5.41) is 3.71. The van der Waals surface area contributed by atoms with Crippen molar-refractivity contribution in [1.29, 1.82) is 0 Å². The number of nitrogens with one attached hydrogen (secondary N) is 1. The Bertz CT molecular complexity index is 578. The Kier molecular flexibility index (Phi) is 4.43. The van der Waals surface area contributed by atoms with Gasteiger partial charge in [0, 0.05) is 35.9 Å². The minimum absolute atomic E-state index is 0.0599. The molecule has 2 aromatic rings. The van der Waals surface area contributed by atoms with Crippen LogP contribution in [0.25, 0.3) is 0 Å². The molecule has 1 aromatic carbocycles. The Morgan fingerprint density at radius 1 is 1.14 bits per heavy atom. The maximum absolute atomic E-state index is 3.71. The van der Waals surface area contributed by atoms with E-state index in [0.29, 0.717) is 0 Å². The summed E-state index contributed by atoms with van der Waals surface area (Å²) < 4.78 is 0. The lowest BCUT2D eigenvalue weighted by atomic mass is 9.89. The summed E-state index contributed by atoms with van der Waals surface area (Å²) in [6.07, 6.45) is 1.15. The summed E-state index contributed by atoms with van der Waals surface area (Å²) in [5.74, 6) is 0. The first-order valence-electron chi connectivity index (χ1n) is 7.80. The van der Waals surface area contributed by atoms with Crippen LogP contribution >= 0.6 is 11.3 Å². The van der Waals surface area contributed by atoms with Crippen LogP contribution in [-0.2, 0) is 18.5 Å². The summed E-state index contributed by atoms with van der Waals surface area (Å²) in [6.45, 7) is 8.87. The van der Waals surface area contributed by atoms with E-state index >= 15 is 0 Å². The van der Waals surface area contributed by atoms with E-state index in [4.69, 9.17) is 0 Å². The largest absolute Gasteiger partial charge is 0.305 e. The van der Waals surface area contributed by atoms with Gasteiger partial charge in [0.15, 0.2) is 0 Å². The number of hydrogen-bond donors (Lipinski definition) is 1. The number of piperazine rings is 1. The van der Waals surface area contributed by atoms with Crippen LogP contribution in [0.3, 0.4) is 0 Å². The molecule has 2 nitrogen and oxygen atoms in total. The smallest absolute Gasteiger partial charge is 0.0535 e. The standard InChI is InChI=1S/C18H24N2S/c1-3-16-9-10-17(21-16)13-20-12-11-19-18(2,14-20)15-7-5-4-6-8-15/h4-10,19H,3,11-14H2,1-2H3. The van der Waals surface area contributed by atoms with E-state index in [2.05, 4.69) is 66.5 Å². The monoisotopic (exact) mass is 300 g/mol. The van der Waals surface area contributed by atoms with Crippen LogP contribution in [0.2, 0.25) is 0 Å². The third-order valence-electron chi connectivity index (χ3n) is 4.34. The quantitative estimate of drug-likeness (QED) is 0.927. The van der Waals surface area contributed by atoms with Crippen LogP contribution < -0.4 is 5.32 Å². The normalized spacial score (nSPS) is 23.3. The van der Waals surface area contributed by atoms with Crippen LogP contribution in [-0.4, -0.2) is 24.5 Å². The maximum Gasteiger partial charge on any atom is 0.0535 e. The topological polar surface area (TPSA) is 15.3 Å². The van der Waals surface area contributed by atoms with Gasteiger partial charge in [-0.25, -0.2) is 0 Å². The molecule has 1 atom stereocenters. The second-order valence-electron chi connectivity index (χ2n) is 6.06. The molecule has 1 aliphatic heterocycles. The molecule has 0 amide bonds. The number of aryl methyl sites for hydroxylation is 1. The summed E-state index contributed by atoms with van der Waals surface area (Å²) in [6, 6.07) is 15.4. The van der Waals surface area contributed by atoms with Crippen LogP contribution in [0, 0.1) is 0 Å². The highest BCUT2D eigenvalue weighted by Gasteiger charge is 2.32. The van der Waals surface area contributed by atoms with E-state index in [1.165, 1.54) is 15.3 Å². The second-order valence-corrected chi connectivity index (χ2v) is 7.31. The van der Waals surface area contributed by atoms with E-state index in [0.717, 1.165) is 32.6 Å². The fourth-order valence-corrected chi connectivity index (χ4v) is 4.12. The van der Waals surface area contributed by atoms with Gasteiger partial charge in [0.1, 0.15) is 0 Å². The summed E-state index contributed by atoms with van der Waals surface area (Å²) in [4.78, 5) is 5.56. The first-order chi connectivity index (χ1) is 10.2. The molecule has 112 valence electrons. The molecule has 0 aliphatic carbocycles. The highest BCUT2D eigenvalue weighted by Crippen LogP contribution is 2.26. The van der Waals surface area contributed by atoms with Gasteiger partial charge in [-0.15, -0.1) is 11.3 Å². The zero-order valence-corrected chi connectivity index (χ0v) is 13.7. The van der Waals surface area contributed by atoms with E-state index in [1.54, 1.807) is 0 Å². The zero-order chi connectivity index (χ0) is 14.7. The minimum atomic E-state index is 0.0599. The summed E-state index contributed by atoms with van der Waals surface area (Å²) in [5.41, 5.74) is 1.44. The highest BCUT2D eigenvalue weighted by molar-refractivity contribution is 7.11. The van der Waals surface area contributed by atoms with Gasteiger partial charge < -0.3 is 5.32 Å². The third kappa shape index (κ3) is 3.37. The molecule has 3 heteroatoms. The van der Waals surface area contributed by atoms with Gasteiger partial charge in [-0.1, -0.05) is 37.3 Å². The average molecular weight is 300 g/mol. The van der Waals surface area contributed by atoms with Crippen LogP contribution in [0.4, 0.5) is 0 Å². The zero-order valence-electron chi connectivity index (χ0n) is 12.9. The second kappa shape index (κ2) is 6.30. The first kappa shape index (κ1) is 14.8. The number of benzene rings is 1. The Morgan fingerprint density at radius 3 is 2.62 bits per heavy atom. The van der Waals surface area contributed by atoms with Crippen molar-refractivity contribution in [2.75, 3.05) is 19.6 Å². The van der Waals surface area contributed by atoms with Crippen LogP contribution in [0.5, 0.6) is 0 Å². The molecule has 1 aromatic heterocycles. The number of nitrogens with zero attached hydrogens (tertiary/aromatic N) is 1. The van der Waals surface area contributed by atoms with Gasteiger partial charge in [-0.2, -0.15) is 0 Å². The Hall–Kier alpha value is -1.16. The van der Waals surface area contributed by atoms with Gasteiger partial charge in [0.2, 0.25) is 0 Å². The molecule has 0 radical (unpaired) electrons. The molecule has 0 bridgehead atoms. The van der Waals surface area contributed by atoms with E-state index < -0.39 is 0 Å². The molecule has 1 N–H and O–H groups in total. The van der Waals surface area contributed by atoms with Crippen LogP contribution in [0.15, 0.2) is 42.5 Å². The number of thiophene rings is 1. The lowest BCUT2D eigenvalue weighted by Gasteiger charge is -2.41. The third-order valence-corrected chi connectivity index (χ3v) is 5.55. The molecule has 3 rings (SSSR count). The van der Waals surface area contributed by atoms with Gasteiger partial charge in [-0.05, 0) is 31.0 Å². The molecule has 1 saturated heterocycles. The van der Waals surface area contributed by atoms with Crippen LogP contribution in [0.1, 0.15) is 29.2 Å². The van der Waals surface area contributed by atoms with Crippen molar-refractivity contribution in [1.82, 2.24) is 10.2 Å². The van der Waals surface area contributed by atoms with Crippen molar-refractivity contribution in [2.24, 2.45) is 0 Å². The van der Waals surface area contributed by atoms with Crippen molar-refractivity contribution in [3.8, 4) is 0 Å². The fourth-order valence-electron chi connectivity index (χ4n) is 3.12. The average Bonchev–Trinajstić information content (AvgIpc) is 2.96. The molecule has 2 heterocycles. The Labute approximate surface area is 131 Å². The Balaban J connectivity index is 1.71. The minimum Gasteiger partial charge on any atom is -0.305 e. The fraction of sp³-hybridized carbons (Fsp3) is 0.444. The molecular weight excluding hydrogens is 276 g/mol. The van der Waals surface area contributed by atoms with Gasteiger partial charge in [0.05, 0.1) is 5.54 Å². The molecule has 21 heavy (non-hydrogen) atoms. The molecule has 1 aliphatic rings. The predicted molar refractivity (Wildman–Crippen MR) is 90.8 cm³/mol. The van der Waals surface area contributed by atoms with Gasteiger partial charge >= 0.3 is 0 Å². The van der Waals surface area contributed by atoms with Gasteiger partial charge in [0.25, 0.3) is 0 Å². The van der Waals surface area contributed by atoms with Gasteiger partial charge in [-0.3, -0.25) is 4.90 Å². The molecule has 1 unspecified atom stereocenters. The van der Waals surface area contributed by atoms with Crippen molar-refractivity contribution in [3.05, 3.63) is 57.8 Å². The first-order valence-corrected chi connectivity index (χ1v) is 8.62. The van der Waals surface area contributed by atoms with Crippen molar-refractivity contribution < 1.29 is 0 Å². The van der Waals surface area contributed by atoms with Crippen molar-refractivity contribution in [2.45, 2.75) is 32.4 Å². The van der Waals surface area contributed by atoms with Crippen molar-refractivity contribution in [3.63, 3.8) is 0 Å². The summed E-state index contributed by atoms with van der Waals surface area (Å²) >= 11 is 1.96.